The van der Waals surface area contributed by atoms with Crippen LogP contribution in [0, 0.1) is 34.9 Å². The number of carbonyl (C=O) groups excluding carboxylic acids is 1. The summed E-state index contributed by atoms with van der Waals surface area (Å²) in [7, 11) is -2.76. The zero-order valence-corrected chi connectivity index (χ0v) is 27.8. The number of aromatic nitrogens is 1. The van der Waals surface area contributed by atoms with Gasteiger partial charge in [-0.1, -0.05) is 17.7 Å². The van der Waals surface area contributed by atoms with E-state index in [1.807, 2.05) is 0 Å². The SMILES string of the molecule is COc1cc(-c2ccc(F)c(C(F)(F)F)c2)c(Cl)cc1N(C(=O)N(C)C(C)(C)C)c1ccc(S(=O)(=O)Oc2c(F)c(F)c(F)c(F)c2F)cn1. The van der Waals surface area contributed by atoms with Gasteiger partial charge in [-0.25, -0.2) is 32.2 Å². The number of ether oxygens (including phenoxy) is 1. The number of carbonyl (C=O) groups is 1. The molecule has 0 saturated carbocycles. The van der Waals surface area contributed by atoms with Crippen LogP contribution in [-0.2, 0) is 16.3 Å². The maximum Gasteiger partial charge on any atom is 0.419 e. The summed E-state index contributed by atoms with van der Waals surface area (Å²) in [4.78, 5) is 19.0. The number of urea groups is 1. The van der Waals surface area contributed by atoms with Crippen molar-refractivity contribution in [1.82, 2.24) is 9.88 Å². The minimum Gasteiger partial charge on any atom is -0.495 e. The molecule has 3 aromatic carbocycles. The number of pyridine rings is 1. The van der Waals surface area contributed by atoms with E-state index in [0.717, 1.165) is 36.3 Å². The molecule has 0 aliphatic heterocycles. The number of amides is 2. The summed E-state index contributed by atoms with van der Waals surface area (Å²) in [5.41, 5.74) is -2.82. The molecule has 19 heteroatoms. The Morgan fingerprint density at radius 3 is 1.94 bits per heavy atom. The summed E-state index contributed by atoms with van der Waals surface area (Å²) >= 11 is 6.49. The molecule has 0 aliphatic carbocycles. The highest BCUT2D eigenvalue weighted by Crippen LogP contribution is 2.43. The van der Waals surface area contributed by atoms with Gasteiger partial charge in [0, 0.05) is 18.2 Å². The number of halogens is 10. The molecule has 0 spiro atoms. The van der Waals surface area contributed by atoms with Gasteiger partial charge in [-0.2, -0.15) is 30.4 Å². The fourth-order valence-electron chi connectivity index (χ4n) is 4.24. The molecule has 1 aromatic heterocycles. The van der Waals surface area contributed by atoms with Crippen LogP contribution in [0.25, 0.3) is 11.1 Å². The van der Waals surface area contributed by atoms with Crippen LogP contribution in [0.3, 0.4) is 0 Å². The molecular weight excluding hydrogens is 733 g/mol. The number of methoxy groups -OCH3 is 1. The summed E-state index contributed by atoms with van der Waals surface area (Å²) in [6.07, 6.45) is -4.49. The van der Waals surface area contributed by atoms with Crippen molar-refractivity contribution in [3.63, 3.8) is 0 Å². The minimum absolute atomic E-state index is 0.0611. The molecular formula is C31H23ClF9N3O5S. The van der Waals surface area contributed by atoms with E-state index < -0.39 is 79.0 Å². The number of hydrogen-bond acceptors (Lipinski definition) is 6. The van der Waals surface area contributed by atoms with Crippen molar-refractivity contribution in [3.05, 3.63) is 94.2 Å². The first-order valence-corrected chi connectivity index (χ1v) is 15.5. The number of anilines is 2. The Kier molecular flexibility index (Phi) is 10.3. The zero-order chi connectivity index (χ0) is 37.7. The molecule has 0 N–H and O–H groups in total. The van der Waals surface area contributed by atoms with Crippen molar-refractivity contribution in [1.29, 1.82) is 0 Å². The summed E-state index contributed by atoms with van der Waals surface area (Å²) in [6, 6.07) is 5.27. The first-order valence-electron chi connectivity index (χ1n) is 13.8. The third-order valence-electron chi connectivity index (χ3n) is 7.18. The van der Waals surface area contributed by atoms with Gasteiger partial charge in [0.25, 0.3) is 0 Å². The molecule has 0 radical (unpaired) electrons. The van der Waals surface area contributed by atoms with Crippen LogP contribution < -0.4 is 13.8 Å². The predicted octanol–water partition coefficient (Wildman–Crippen LogP) is 9.02. The molecule has 0 saturated heterocycles. The monoisotopic (exact) mass is 755 g/mol. The molecule has 2 amide bonds. The van der Waals surface area contributed by atoms with Crippen molar-refractivity contribution in [2.45, 2.75) is 37.4 Å². The predicted molar refractivity (Wildman–Crippen MR) is 162 cm³/mol. The highest BCUT2D eigenvalue weighted by molar-refractivity contribution is 7.87. The number of rotatable bonds is 7. The van der Waals surface area contributed by atoms with Crippen LogP contribution in [0.5, 0.6) is 11.5 Å². The van der Waals surface area contributed by atoms with Gasteiger partial charge in [-0.15, -0.1) is 0 Å². The smallest absolute Gasteiger partial charge is 0.419 e. The Morgan fingerprint density at radius 2 is 1.44 bits per heavy atom. The lowest BCUT2D eigenvalue weighted by Crippen LogP contribution is -2.48. The van der Waals surface area contributed by atoms with E-state index in [0.29, 0.717) is 18.3 Å². The van der Waals surface area contributed by atoms with E-state index >= 15 is 0 Å². The number of benzene rings is 3. The van der Waals surface area contributed by atoms with Crippen LogP contribution in [0.15, 0.2) is 53.6 Å². The van der Waals surface area contributed by atoms with Gasteiger partial charge < -0.3 is 13.8 Å². The molecule has 0 aliphatic rings. The highest BCUT2D eigenvalue weighted by Gasteiger charge is 2.36. The molecule has 0 unspecified atom stereocenters. The van der Waals surface area contributed by atoms with Crippen molar-refractivity contribution in [2.75, 3.05) is 19.1 Å². The van der Waals surface area contributed by atoms with Gasteiger partial charge in [0.05, 0.1) is 29.6 Å². The second kappa shape index (κ2) is 13.5. The van der Waals surface area contributed by atoms with Crippen molar-refractivity contribution in [3.8, 4) is 22.6 Å². The van der Waals surface area contributed by atoms with E-state index in [4.69, 9.17) is 16.3 Å². The van der Waals surface area contributed by atoms with Crippen LogP contribution in [-0.4, -0.2) is 44.0 Å². The Balaban J connectivity index is 1.84. The van der Waals surface area contributed by atoms with Crippen molar-refractivity contribution >= 4 is 39.3 Å². The average Bonchev–Trinajstić information content (AvgIpc) is 3.04. The lowest BCUT2D eigenvalue weighted by Gasteiger charge is -2.36. The molecule has 8 nitrogen and oxygen atoms in total. The zero-order valence-electron chi connectivity index (χ0n) is 26.2. The highest BCUT2D eigenvalue weighted by atomic mass is 35.5. The Bertz CT molecular complexity index is 2060. The standard InChI is InChI=1S/C31H23ClF9N3O5S/c1-30(2,3)43(4)29(45)44(20-12-18(32)16(11-21(20)48-5)14-6-8-19(33)17(10-14)31(39,40)41)22-9-7-15(13-42-22)50(46,47)49-28-26(37)24(35)23(34)25(36)27(28)38/h6-13H,1-5H3. The normalized spacial score (nSPS) is 12.1. The Hall–Kier alpha value is -4.71. The third-order valence-corrected chi connectivity index (χ3v) is 8.70. The van der Waals surface area contributed by atoms with Gasteiger partial charge in [0.15, 0.2) is 0 Å². The summed E-state index contributed by atoms with van der Waals surface area (Å²) in [6.45, 7) is 4.97. The van der Waals surface area contributed by atoms with Crippen LogP contribution in [0.2, 0.25) is 5.02 Å². The Labute approximate surface area is 283 Å². The largest absolute Gasteiger partial charge is 0.495 e. The van der Waals surface area contributed by atoms with Crippen LogP contribution >= 0.6 is 11.6 Å². The number of hydrogen-bond donors (Lipinski definition) is 0. The second-order valence-electron chi connectivity index (χ2n) is 11.3. The average molecular weight is 756 g/mol. The molecule has 268 valence electrons. The van der Waals surface area contributed by atoms with Crippen LogP contribution in [0.1, 0.15) is 26.3 Å². The number of nitrogens with zero attached hydrogens (tertiary/aromatic N) is 3. The van der Waals surface area contributed by atoms with E-state index in [-0.39, 0.29) is 33.4 Å². The van der Waals surface area contributed by atoms with Gasteiger partial charge in [-0.05, 0) is 62.7 Å². The Morgan fingerprint density at radius 1 is 0.860 bits per heavy atom. The van der Waals surface area contributed by atoms with Gasteiger partial charge in [-0.3, -0.25) is 0 Å². The lowest BCUT2D eigenvalue weighted by atomic mass is 10.0. The first kappa shape index (κ1) is 38.1. The fourth-order valence-corrected chi connectivity index (χ4v) is 5.39. The molecule has 4 rings (SSSR count). The summed E-state index contributed by atoms with van der Waals surface area (Å²) in [5, 5.41) is -0.243. The van der Waals surface area contributed by atoms with Gasteiger partial charge in [0.1, 0.15) is 22.3 Å². The maximum absolute atomic E-state index is 14.1. The van der Waals surface area contributed by atoms with Crippen LogP contribution in [0.4, 0.5) is 55.8 Å². The molecule has 1 heterocycles. The molecule has 0 atom stereocenters. The minimum atomic E-state index is -5.31. The third kappa shape index (κ3) is 7.26. The lowest BCUT2D eigenvalue weighted by molar-refractivity contribution is -0.139. The maximum atomic E-state index is 14.1. The summed E-state index contributed by atoms with van der Waals surface area (Å²) < 4.78 is 158. The quantitative estimate of drug-likeness (QED) is 0.0810. The van der Waals surface area contributed by atoms with E-state index in [1.165, 1.54) is 18.0 Å². The van der Waals surface area contributed by atoms with E-state index in [2.05, 4.69) is 9.17 Å². The van der Waals surface area contributed by atoms with E-state index in [9.17, 15) is 52.7 Å². The van der Waals surface area contributed by atoms with Crippen molar-refractivity contribution < 1.29 is 61.6 Å². The van der Waals surface area contributed by atoms with Gasteiger partial charge >= 0.3 is 22.3 Å². The molecule has 4 aromatic rings. The topological polar surface area (TPSA) is 89.0 Å². The summed E-state index contributed by atoms with van der Waals surface area (Å²) in [5.74, 6) is -16.7. The van der Waals surface area contributed by atoms with Crippen molar-refractivity contribution in [2.24, 2.45) is 0 Å². The fraction of sp³-hybridized carbons (Fsp3) is 0.226. The van der Waals surface area contributed by atoms with Gasteiger partial charge in [0.2, 0.25) is 34.8 Å². The molecule has 0 fully saturated rings. The molecule has 0 bridgehead atoms. The van der Waals surface area contributed by atoms with E-state index in [1.54, 1.807) is 20.8 Å². The first-order chi connectivity index (χ1) is 23.0. The second-order valence-corrected chi connectivity index (χ2v) is 13.3. The molecule has 50 heavy (non-hydrogen) atoms. The number of alkyl halides is 3.